The standard InChI is InChI=1S/C16H18ClF3N4O3/c1-3-21-15-23-12(14(25)26)4-5-24(15)9(2)10-6-11(17)13(22-7-10)27-8-16(18,19)20/h4-7,9,15,21H,3,8H2,1-2H3,(H,25,26). The lowest BCUT2D eigenvalue weighted by molar-refractivity contribution is -0.154. The van der Waals surface area contributed by atoms with Crippen LogP contribution < -0.4 is 10.1 Å². The molecule has 2 atom stereocenters. The number of pyridine rings is 1. The van der Waals surface area contributed by atoms with Crippen LogP contribution >= 0.6 is 11.6 Å². The van der Waals surface area contributed by atoms with Crippen molar-refractivity contribution in [3.05, 3.63) is 35.1 Å². The van der Waals surface area contributed by atoms with E-state index in [9.17, 15) is 18.0 Å². The average molecular weight is 407 g/mol. The maximum Gasteiger partial charge on any atom is 0.422 e. The molecule has 0 fully saturated rings. The van der Waals surface area contributed by atoms with Gasteiger partial charge in [0.15, 0.2) is 12.9 Å². The molecule has 0 bridgehead atoms. The molecule has 2 rings (SSSR count). The van der Waals surface area contributed by atoms with E-state index in [4.69, 9.17) is 16.7 Å². The summed E-state index contributed by atoms with van der Waals surface area (Å²) in [5.74, 6) is -1.45. The fourth-order valence-electron chi connectivity index (χ4n) is 2.38. The zero-order valence-corrected chi connectivity index (χ0v) is 15.3. The number of rotatable bonds is 7. The van der Waals surface area contributed by atoms with Crippen molar-refractivity contribution >= 4 is 23.3 Å². The molecule has 0 saturated heterocycles. The van der Waals surface area contributed by atoms with Gasteiger partial charge in [0.25, 0.3) is 0 Å². The summed E-state index contributed by atoms with van der Waals surface area (Å²) in [7, 11) is 0. The number of alkyl halides is 3. The molecular weight excluding hydrogens is 389 g/mol. The maximum absolute atomic E-state index is 12.3. The second-order valence-electron chi connectivity index (χ2n) is 5.65. The molecule has 148 valence electrons. The quantitative estimate of drug-likeness (QED) is 0.724. The first-order valence-corrected chi connectivity index (χ1v) is 8.35. The van der Waals surface area contributed by atoms with Gasteiger partial charge in [-0.3, -0.25) is 5.32 Å². The molecule has 2 N–H and O–H groups in total. The molecule has 1 aromatic heterocycles. The highest BCUT2D eigenvalue weighted by Gasteiger charge is 2.30. The van der Waals surface area contributed by atoms with E-state index in [0.717, 1.165) is 0 Å². The van der Waals surface area contributed by atoms with E-state index in [1.165, 1.54) is 18.3 Å². The summed E-state index contributed by atoms with van der Waals surface area (Å²) in [4.78, 5) is 20.9. The van der Waals surface area contributed by atoms with Crippen molar-refractivity contribution in [1.82, 2.24) is 15.2 Å². The third-order valence-electron chi connectivity index (χ3n) is 3.68. The summed E-state index contributed by atoms with van der Waals surface area (Å²) in [6.45, 7) is 2.71. The highest BCUT2D eigenvalue weighted by atomic mass is 35.5. The minimum Gasteiger partial charge on any atom is -0.477 e. The van der Waals surface area contributed by atoms with Gasteiger partial charge in [0.1, 0.15) is 10.7 Å². The van der Waals surface area contributed by atoms with Crippen molar-refractivity contribution in [1.29, 1.82) is 0 Å². The van der Waals surface area contributed by atoms with Crippen LogP contribution in [0.2, 0.25) is 5.02 Å². The molecule has 0 amide bonds. The Labute approximate surface area is 158 Å². The largest absolute Gasteiger partial charge is 0.477 e. The minimum absolute atomic E-state index is 0.0562. The van der Waals surface area contributed by atoms with E-state index < -0.39 is 25.0 Å². The van der Waals surface area contributed by atoms with Crippen LogP contribution in [0.3, 0.4) is 0 Å². The van der Waals surface area contributed by atoms with Gasteiger partial charge in [-0.2, -0.15) is 13.2 Å². The number of aromatic nitrogens is 1. The third-order valence-corrected chi connectivity index (χ3v) is 3.96. The van der Waals surface area contributed by atoms with Gasteiger partial charge in [0.05, 0.1) is 6.04 Å². The number of nitrogens with one attached hydrogen (secondary N) is 1. The summed E-state index contributed by atoms with van der Waals surface area (Å²) < 4.78 is 41.4. The lowest BCUT2D eigenvalue weighted by Gasteiger charge is -2.35. The zero-order valence-electron chi connectivity index (χ0n) is 14.5. The number of nitrogens with zero attached hydrogens (tertiary/aromatic N) is 3. The molecular formula is C16H18ClF3N4O3. The van der Waals surface area contributed by atoms with Crippen LogP contribution in [0.1, 0.15) is 25.5 Å². The van der Waals surface area contributed by atoms with Gasteiger partial charge in [-0.05, 0) is 31.2 Å². The van der Waals surface area contributed by atoms with Gasteiger partial charge in [-0.25, -0.2) is 14.8 Å². The molecule has 0 aliphatic carbocycles. The number of halogens is 4. The highest BCUT2D eigenvalue weighted by Crippen LogP contribution is 2.30. The van der Waals surface area contributed by atoms with Crippen molar-refractivity contribution in [2.45, 2.75) is 32.4 Å². The van der Waals surface area contributed by atoms with Crippen molar-refractivity contribution in [3.8, 4) is 5.88 Å². The number of ether oxygens (including phenoxy) is 1. The summed E-state index contributed by atoms with van der Waals surface area (Å²) >= 11 is 5.99. The minimum atomic E-state index is -4.49. The molecule has 1 aliphatic heterocycles. The normalized spacial score (nSPS) is 18.2. The molecule has 11 heteroatoms. The molecule has 0 aromatic carbocycles. The topological polar surface area (TPSA) is 87.0 Å². The molecule has 2 unspecified atom stereocenters. The van der Waals surface area contributed by atoms with Crippen LogP contribution in [0.15, 0.2) is 29.5 Å². The van der Waals surface area contributed by atoms with Crippen LogP contribution in [0.25, 0.3) is 0 Å². The predicted molar refractivity (Wildman–Crippen MR) is 92.7 cm³/mol. The fraction of sp³-hybridized carbons (Fsp3) is 0.438. The highest BCUT2D eigenvalue weighted by molar-refractivity contribution is 6.40. The number of carbonyl (C=O) groups is 1. The molecule has 1 aromatic rings. The number of hydrogen-bond acceptors (Lipinski definition) is 6. The van der Waals surface area contributed by atoms with E-state index in [1.54, 1.807) is 18.0 Å². The van der Waals surface area contributed by atoms with E-state index in [2.05, 4.69) is 20.0 Å². The van der Waals surface area contributed by atoms with Crippen LogP contribution in [-0.2, 0) is 4.79 Å². The first kappa shape index (κ1) is 21.0. The number of aliphatic imine (C=N–C) groups is 1. The summed E-state index contributed by atoms with van der Waals surface area (Å²) in [5.41, 5.74) is 0.511. The maximum atomic E-state index is 12.3. The molecule has 7 nitrogen and oxygen atoms in total. The Morgan fingerprint density at radius 3 is 2.78 bits per heavy atom. The Bertz CT molecular complexity index is 755. The van der Waals surface area contributed by atoms with Crippen molar-refractivity contribution < 1.29 is 27.8 Å². The van der Waals surface area contributed by atoms with E-state index >= 15 is 0 Å². The van der Waals surface area contributed by atoms with Crippen LogP contribution in [0.4, 0.5) is 13.2 Å². The Morgan fingerprint density at radius 2 is 2.22 bits per heavy atom. The molecule has 27 heavy (non-hydrogen) atoms. The van der Waals surface area contributed by atoms with Gasteiger partial charge in [-0.15, -0.1) is 0 Å². The molecule has 0 saturated carbocycles. The van der Waals surface area contributed by atoms with E-state index in [0.29, 0.717) is 12.1 Å². The number of carboxylic acid groups (broad SMARTS) is 1. The van der Waals surface area contributed by atoms with E-state index in [1.807, 2.05) is 6.92 Å². The Balaban J connectivity index is 2.19. The van der Waals surface area contributed by atoms with Crippen LogP contribution in [0.5, 0.6) is 5.88 Å². The third kappa shape index (κ3) is 5.57. The van der Waals surface area contributed by atoms with E-state index in [-0.39, 0.29) is 22.7 Å². The molecule has 0 radical (unpaired) electrons. The second kappa shape index (κ2) is 8.57. The summed E-state index contributed by atoms with van der Waals surface area (Å²) in [6.07, 6.45) is -0.816. The zero-order chi connectivity index (χ0) is 20.2. The number of aliphatic carboxylic acids is 1. The number of carboxylic acids is 1. The summed E-state index contributed by atoms with van der Waals surface area (Å²) in [5, 5.41) is 12.1. The molecule has 2 heterocycles. The fourth-order valence-corrected chi connectivity index (χ4v) is 2.61. The van der Waals surface area contributed by atoms with Gasteiger partial charge in [0, 0.05) is 12.4 Å². The van der Waals surface area contributed by atoms with Crippen molar-refractivity contribution in [3.63, 3.8) is 0 Å². The monoisotopic (exact) mass is 406 g/mol. The second-order valence-corrected chi connectivity index (χ2v) is 6.06. The molecule has 0 spiro atoms. The molecule has 1 aliphatic rings. The predicted octanol–water partition coefficient (Wildman–Crippen LogP) is 2.99. The van der Waals surface area contributed by atoms with Gasteiger partial charge in [0.2, 0.25) is 5.88 Å². The van der Waals surface area contributed by atoms with Crippen LogP contribution in [-0.4, -0.2) is 52.3 Å². The lowest BCUT2D eigenvalue weighted by atomic mass is 10.1. The van der Waals surface area contributed by atoms with Crippen molar-refractivity contribution in [2.24, 2.45) is 4.99 Å². The summed E-state index contributed by atoms with van der Waals surface area (Å²) in [6, 6.07) is 1.11. The van der Waals surface area contributed by atoms with Gasteiger partial charge >= 0.3 is 12.1 Å². The number of hydrogen-bond donors (Lipinski definition) is 2. The Morgan fingerprint density at radius 1 is 1.52 bits per heavy atom. The lowest BCUT2D eigenvalue weighted by Crippen LogP contribution is -2.45. The van der Waals surface area contributed by atoms with Gasteiger partial charge < -0.3 is 14.7 Å². The SMILES string of the molecule is CCNC1N=C(C(=O)O)C=CN1C(C)c1cnc(OCC(F)(F)F)c(Cl)c1. The average Bonchev–Trinajstić information content (AvgIpc) is 2.59. The first-order valence-electron chi connectivity index (χ1n) is 7.97. The van der Waals surface area contributed by atoms with Gasteiger partial charge in [-0.1, -0.05) is 18.5 Å². The Kier molecular flexibility index (Phi) is 6.66. The Hall–Kier alpha value is -2.33. The first-order chi connectivity index (χ1) is 12.6. The smallest absolute Gasteiger partial charge is 0.422 e. The van der Waals surface area contributed by atoms with Crippen LogP contribution in [0, 0.1) is 0 Å². The van der Waals surface area contributed by atoms with Crippen molar-refractivity contribution in [2.75, 3.05) is 13.2 Å².